The van der Waals surface area contributed by atoms with Crippen molar-refractivity contribution in [1.82, 2.24) is 0 Å². The summed E-state index contributed by atoms with van der Waals surface area (Å²) in [5.74, 6) is -1.53. The van der Waals surface area contributed by atoms with E-state index in [9.17, 15) is 19.2 Å². The largest absolute Gasteiger partial charge is 0.462 e. The van der Waals surface area contributed by atoms with E-state index < -0.39 is 24.0 Å². The van der Waals surface area contributed by atoms with Gasteiger partial charge in [0, 0.05) is 11.6 Å². The Kier molecular flexibility index (Phi) is 7.90. The second-order valence-electron chi connectivity index (χ2n) is 4.80. The lowest BCUT2D eigenvalue weighted by Gasteiger charge is -2.12. The van der Waals surface area contributed by atoms with Crippen LogP contribution in [0.4, 0.5) is 0 Å². The molecule has 1 rings (SSSR count). The van der Waals surface area contributed by atoms with Crippen LogP contribution in [0.5, 0.6) is 5.75 Å². The third-order valence-corrected chi connectivity index (χ3v) is 2.74. The molecule has 7 nitrogen and oxygen atoms in total. The first-order chi connectivity index (χ1) is 11.4. The van der Waals surface area contributed by atoms with Gasteiger partial charge < -0.3 is 14.2 Å². The smallest absolute Gasteiger partial charge is 0.330 e. The first-order valence-electron chi connectivity index (χ1n) is 7.19. The molecule has 1 aromatic carbocycles. The summed E-state index contributed by atoms with van der Waals surface area (Å²) in [4.78, 5) is 44.6. The molecular formula is C17H18O7. The number of rotatable bonds is 9. The maximum Gasteiger partial charge on any atom is 0.330 e. The van der Waals surface area contributed by atoms with Gasteiger partial charge in [-0.25, -0.2) is 4.79 Å². The molecule has 1 unspecified atom stereocenters. The minimum Gasteiger partial charge on any atom is -0.462 e. The Labute approximate surface area is 139 Å². The van der Waals surface area contributed by atoms with Gasteiger partial charge in [0.1, 0.15) is 24.7 Å². The predicted molar refractivity (Wildman–Crippen MR) is 83.4 cm³/mol. The van der Waals surface area contributed by atoms with Crippen molar-refractivity contribution in [2.24, 2.45) is 0 Å². The molecule has 0 bridgehead atoms. The summed E-state index contributed by atoms with van der Waals surface area (Å²) in [6, 6.07) is 5.98. The highest BCUT2D eigenvalue weighted by molar-refractivity contribution is 5.81. The molecule has 1 aromatic rings. The highest BCUT2D eigenvalue weighted by Crippen LogP contribution is 2.12. The third-order valence-electron chi connectivity index (χ3n) is 2.74. The zero-order valence-electron chi connectivity index (χ0n) is 13.2. The maximum absolute atomic E-state index is 11.6. The summed E-state index contributed by atoms with van der Waals surface area (Å²) in [6.07, 6.45) is 0.760. The first-order valence-corrected chi connectivity index (χ1v) is 7.19. The summed E-state index contributed by atoms with van der Waals surface area (Å²) in [5.41, 5.74) is 0.463. The fraction of sp³-hybridized carbons (Fsp3) is 0.294. The molecule has 0 radical (unpaired) electrons. The molecule has 0 aliphatic rings. The number of benzene rings is 1. The molecule has 0 aliphatic carbocycles. The lowest BCUT2D eigenvalue weighted by molar-refractivity contribution is -0.155. The highest BCUT2D eigenvalue weighted by Gasteiger charge is 2.13. The van der Waals surface area contributed by atoms with E-state index >= 15 is 0 Å². The lowest BCUT2D eigenvalue weighted by atomic mass is 10.2. The van der Waals surface area contributed by atoms with Gasteiger partial charge >= 0.3 is 17.9 Å². The van der Waals surface area contributed by atoms with Crippen LogP contribution in [-0.4, -0.2) is 36.9 Å². The average molecular weight is 334 g/mol. The molecule has 0 amide bonds. The lowest BCUT2D eigenvalue weighted by Crippen LogP contribution is -2.22. The maximum atomic E-state index is 11.6. The third kappa shape index (κ3) is 7.35. The molecule has 0 N–H and O–H groups in total. The molecule has 0 aliphatic heterocycles. The second-order valence-corrected chi connectivity index (χ2v) is 4.80. The number of esters is 3. The van der Waals surface area contributed by atoms with E-state index in [0.29, 0.717) is 11.8 Å². The Bertz CT molecular complexity index is 604. The highest BCUT2D eigenvalue weighted by atomic mass is 16.6. The van der Waals surface area contributed by atoms with E-state index in [0.717, 1.165) is 6.08 Å². The van der Waals surface area contributed by atoms with Gasteiger partial charge in [-0.05, 0) is 31.2 Å². The number of carbonyl (C=O) groups excluding carboxylic acids is 4. The molecule has 0 saturated carbocycles. The second kappa shape index (κ2) is 9.94. The number of hydrogen-bond donors (Lipinski definition) is 0. The molecule has 0 fully saturated rings. The van der Waals surface area contributed by atoms with Crippen LogP contribution in [0.15, 0.2) is 36.9 Å². The minimum absolute atomic E-state index is 0.110. The van der Waals surface area contributed by atoms with Crippen molar-refractivity contribution in [3.05, 3.63) is 42.5 Å². The van der Waals surface area contributed by atoms with Crippen LogP contribution in [0.2, 0.25) is 0 Å². The fourth-order valence-corrected chi connectivity index (χ4v) is 1.56. The Morgan fingerprint density at radius 1 is 1.12 bits per heavy atom. The zero-order valence-corrected chi connectivity index (χ0v) is 13.2. The van der Waals surface area contributed by atoms with Crippen LogP contribution in [0.3, 0.4) is 0 Å². The first kappa shape index (κ1) is 19.1. The van der Waals surface area contributed by atoms with Crippen LogP contribution in [0.25, 0.3) is 0 Å². The molecule has 0 aromatic heterocycles. The quantitative estimate of drug-likeness (QED) is 0.294. The number of aldehydes is 1. The SMILES string of the molecule is C=CC(=O)OC(C)COC(=O)CCC(=O)Oc1ccc(C=O)cc1. The summed E-state index contributed by atoms with van der Waals surface area (Å²) in [5, 5.41) is 0. The van der Waals surface area contributed by atoms with Crippen molar-refractivity contribution in [2.45, 2.75) is 25.9 Å². The Balaban J connectivity index is 2.27. The normalized spacial score (nSPS) is 11.0. The van der Waals surface area contributed by atoms with E-state index in [1.165, 1.54) is 24.3 Å². The van der Waals surface area contributed by atoms with Crippen molar-refractivity contribution < 1.29 is 33.4 Å². The fourth-order valence-electron chi connectivity index (χ4n) is 1.56. The van der Waals surface area contributed by atoms with Crippen LogP contribution in [0, 0.1) is 0 Å². The van der Waals surface area contributed by atoms with Crippen molar-refractivity contribution in [3.8, 4) is 5.75 Å². The van der Waals surface area contributed by atoms with Gasteiger partial charge in [-0.1, -0.05) is 6.58 Å². The van der Waals surface area contributed by atoms with Gasteiger partial charge in [-0.3, -0.25) is 14.4 Å². The van der Waals surface area contributed by atoms with Crippen LogP contribution in [-0.2, 0) is 23.9 Å². The molecule has 7 heteroatoms. The molecular weight excluding hydrogens is 316 g/mol. The van der Waals surface area contributed by atoms with Gasteiger partial charge in [0.2, 0.25) is 0 Å². The zero-order chi connectivity index (χ0) is 17.9. The van der Waals surface area contributed by atoms with Crippen molar-refractivity contribution in [3.63, 3.8) is 0 Å². The van der Waals surface area contributed by atoms with Gasteiger partial charge in [0.25, 0.3) is 0 Å². The molecule has 0 spiro atoms. The average Bonchev–Trinajstić information content (AvgIpc) is 2.58. The topological polar surface area (TPSA) is 96.0 Å². The van der Waals surface area contributed by atoms with Gasteiger partial charge in [-0.15, -0.1) is 0 Å². The van der Waals surface area contributed by atoms with E-state index in [-0.39, 0.29) is 25.2 Å². The van der Waals surface area contributed by atoms with Crippen LogP contribution < -0.4 is 4.74 Å². The summed E-state index contributed by atoms with van der Waals surface area (Å²) >= 11 is 0. The number of ether oxygens (including phenoxy) is 3. The van der Waals surface area contributed by atoms with Crippen molar-refractivity contribution in [2.75, 3.05) is 6.61 Å². The number of hydrogen-bond acceptors (Lipinski definition) is 7. The van der Waals surface area contributed by atoms with Gasteiger partial charge in [-0.2, -0.15) is 0 Å². The summed E-state index contributed by atoms with van der Waals surface area (Å²) in [6.45, 7) is 4.70. The molecule has 24 heavy (non-hydrogen) atoms. The van der Waals surface area contributed by atoms with Gasteiger partial charge in [0.15, 0.2) is 0 Å². The monoisotopic (exact) mass is 334 g/mol. The minimum atomic E-state index is -0.609. The van der Waals surface area contributed by atoms with Crippen LogP contribution >= 0.6 is 0 Å². The van der Waals surface area contributed by atoms with Crippen LogP contribution in [0.1, 0.15) is 30.1 Å². The molecule has 1 atom stereocenters. The Morgan fingerprint density at radius 3 is 2.33 bits per heavy atom. The van der Waals surface area contributed by atoms with Crippen molar-refractivity contribution in [1.29, 1.82) is 0 Å². The Morgan fingerprint density at radius 2 is 1.75 bits per heavy atom. The van der Waals surface area contributed by atoms with E-state index in [4.69, 9.17) is 14.2 Å². The van der Waals surface area contributed by atoms with E-state index in [2.05, 4.69) is 6.58 Å². The van der Waals surface area contributed by atoms with Gasteiger partial charge in [0.05, 0.1) is 12.8 Å². The summed E-state index contributed by atoms with van der Waals surface area (Å²) < 4.78 is 14.7. The van der Waals surface area contributed by atoms with Crippen molar-refractivity contribution >= 4 is 24.2 Å². The molecule has 0 saturated heterocycles. The molecule has 0 heterocycles. The standard InChI is InChI=1S/C17H18O7/c1-3-15(19)23-12(2)11-22-16(20)8-9-17(21)24-14-6-4-13(10-18)5-7-14/h3-7,10,12H,1,8-9,11H2,2H3. The number of carbonyl (C=O) groups is 4. The van der Waals surface area contributed by atoms with E-state index in [1.807, 2.05) is 0 Å². The Hall–Kier alpha value is -2.96. The van der Waals surface area contributed by atoms with E-state index in [1.54, 1.807) is 6.92 Å². The molecule has 128 valence electrons. The predicted octanol–water partition coefficient (Wildman–Crippen LogP) is 1.85. The summed E-state index contributed by atoms with van der Waals surface area (Å²) in [7, 11) is 0.